The molecule has 2 rings (SSSR count). The molecule has 6 heteroatoms. The molecule has 0 radical (unpaired) electrons. The van der Waals surface area contributed by atoms with Crippen molar-refractivity contribution in [3.05, 3.63) is 64.2 Å². The van der Waals surface area contributed by atoms with Crippen LogP contribution in [0.25, 0.3) is 0 Å². The first-order valence-corrected chi connectivity index (χ1v) is 6.47. The number of ether oxygens (including phenoxy) is 1. The van der Waals surface area contributed by atoms with Gasteiger partial charge in [-0.05, 0) is 29.8 Å². The Kier molecular flexibility index (Phi) is 4.75. The lowest BCUT2D eigenvalue weighted by Crippen LogP contribution is -2.06. The predicted molar refractivity (Wildman–Crippen MR) is 73.2 cm³/mol. The molecular weight excluding hydrogens is 305 g/mol. The second kappa shape index (κ2) is 6.37. The van der Waals surface area contributed by atoms with Crippen LogP contribution in [0.3, 0.4) is 0 Å². The van der Waals surface area contributed by atoms with Gasteiger partial charge < -0.3 is 9.84 Å². The predicted octanol–water partition coefficient (Wildman–Crippen LogP) is 4.43. The lowest BCUT2D eigenvalue weighted by Gasteiger charge is -2.12. The molecule has 0 atom stereocenters. The van der Waals surface area contributed by atoms with Crippen molar-refractivity contribution in [2.75, 3.05) is 0 Å². The lowest BCUT2D eigenvalue weighted by atomic mass is 10.1. The zero-order chi connectivity index (χ0) is 15.5. The number of rotatable bonds is 4. The van der Waals surface area contributed by atoms with E-state index in [2.05, 4.69) is 0 Å². The quantitative estimate of drug-likeness (QED) is 0.904. The topological polar surface area (TPSA) is 29.5 Å². The van der Waals surface area contributed by atoms with E-state index in [-0.39, 0.29) is 13.2 Å². The van der Waals surface area contributed by atoms with Gasteiger partial charge in [-0.15, -0.1) is 0 Å². The van der Waals surface area contributed by atoms with Crippen molar-refractivity contribution in [1.82, 2.24) is 0 Å². The second-order valence-electron chi connectivity index (χ2n) is 4.36. The van der Waals surface area contributed by atoms with E-state index in [1.165, 1.54) is 6.07 Å². The molecule has 0 heterocycles. The summed E-state index contributed by atoms with van der Waals surface area (Å²) >= 11 is 5.91. The summed E-state index contributed by atoms with van der Waals surface area (Å²) in [5.74, 6) is 0.349. The van der Waals surface area contributed by atoms with Crippen LogP contribution in [0.4, 0.5) is 13.2 Å². The molecule has 1 N–H and O–H groups in total. The van der Waals surface area contributed by atoms with Gasteiger partial charge in [-0.2, -0.15) is 13.2 Å². The van der Waals surface area contributed by atoms with E-state index < -0.39 is 11.7 Å². The van der Waals surface area contributed by atoms with Crippen molar-refractivity contribution in [3.63, 3.8) is 0 Å². The number of halogens is 4. The minimum atomic E-state index is -4.39. The molecule has 0 saturated heterocycles. The summed E-state index contributed by atoms with van der Waals surface area (Å²) < 4.78 is 43.3. The summed E-state index contributed by atoms with van der Waals surface area (Å²) in [5, 5.41) is 9.58. The van der Waals surface area contributed by atoms with Gasteiger partial charge in [0.1, 0.15) is 12.4 Å². The molecular formula is C15H12ClF3O2. The standard InChI is InChI=1S/C15H12ClF3O2/c16-13-5-2-6-14(12(13)8-20)21-9-10-3-1-4-11(7-10)15(17,18)19/h1-7,20H,8-9H2. The van der Waals surface area contributed by atoms with Crippen molar-refractivity contribution in [2.45, 2.75) is 19.4 Å². The number of hydrogen-bond acceptors (Lipinski definition) is 2. The highest BCUT2D eigenvalue weighted by atomic mass is 35.5. The second-order valence-corrected chi connectivity index (χ2v) is 4.77. The van der Waals surface area contributed by atoms with Crippen molar-refractivity contribution < 1.29 is 23.0 Å². The van der Waals surface area contributed by atoms with Gasteiger partial charge in [-0.3, -0.25) is 0 Å². The molecule has 0 amide bonds. The first-order chi connectivity index (χ1) is 9.91. The van der Waals surface area contributed by atoms with E-state index in [0.29, 0.717) is 21.9 Å². The van der Waals surface area contributed by atoms with E-state index in [9.17, 15) is 18.3 Å². The lowest BCUT2D eigenvalue weighted by molar-refractivity contribution is -0.137. The smallest absolute Gasteiger partial charge is 0.416 e. The van der Waals surface area contributed by atoms with Gasteiger partial charge in [-0.25, -0.2) is 0 Å². The van der Waals surface area contributed by atoms with Crippen LogP contribution >= 0.6 is 11.6 Å². The fraction of sp³-hybridized carbons (Fsp3) is 0.200. The third-order valence-electron chi connectivity index (χ3n) is 2.88. The van der Waals surface area contributed by atoms with Crippen molar-refractivity contribution in [3.8, 4) is 5.75 Å². The summed E-state index contributed by atoms with van der Waals surface area (Å²) in [5.41, 5.74) is 0.0666. The van der Waals surface area contributed by atoms with Crippen LogP contribution < -0.4 is 4.74 Å². The van der Waals surface area contributed by atoms with Crippen LogP contribution in [-0.4, -0.2) is 5.11 Å². The molecule has 0 aromatic heterocycles. The fourth-order valence-corrected chi connectivity index (χ4v) is 2.05. The molecule has 0 unspecified atom stereocenters. The summed E-state index contributed by atoms with van der Waals surface area (Å²) in [4.78, 5) is 0. The van der Waals surface area contributed by atoms with Gasteiger partial charge >= 0.3 is 6.18 Å². The largest absolute Gasteiger partial charge is 0.488 e. The molecule has 2 nitrogen and oxygen atoms in total. The van der Waals surface area contributed by atoms with Gasteiger partial charge in [0.25, 0.3) is 0 Å². The van der Waals surface area contributed by atoms with E-state index >= 15 is 0 Å². The van der Waals surface area contributed by atoms with Gasteiger partial charge in [0.05, 0.1) is 12.2 Å². The first-order valence-electron chi connectivity index (χ1n) is 6.09. The molecule has 2 aromatic carbocycles. The Hall–Kier alpha value is -1.72. The third kappa shape index (κ3) is 3.89. The zero-order valence-corrected chi connectivity index (χ0v) is 11.6. The molecule has 0 spiro atoms. The van der Waals surface area contributed by atoms with Crippen molar-refractivity contribution >= 4 is 11.6 Å². The monoisotopic (exact) mass is 316 g/mol. The van der Waals surface area contributed by atoms with Crippen LogP contribution in [0.2, 0.25) is 5.02 Å². The Morgan fingerprint density at radius 3 is 2.48 bits per heavy atom. The highest BCUT2D eigenvalue weighted by Crippen LogP contribution is 2.30. The first kappa shape index (κ1) is 15.7. The number of alkyl halides is 3. The summed E-state index contributed by atoms with van der Waals surface area (Å²) in [6, 6.07) is 9.74. The van der Waals surface area contributed by atoms with Gasteiger partial charge in [0.2, 0.25) is 0 Å². The molecule has 0 fully saturated rings. The maximum absolute atomic E-state index is 12.6. The van der Waals surface area contributed by atoms with Gasteiger partial charge in [0, 0.05) is 10.6 Å². The molecule has 0 aliphatic heterocycles. The van der Waals surface area contributed by atoms with Gasteiger partial charge in [0.15, 0.2) is 0 Å². The third-order valence-corrected chi connectivity index (χ3v) is 3.24. The molecule has 0 aliphatic rings. The summed E-state index contributed by atoms with van der Waals surface area (Å²) in [6.45, 7) is -0.352. The van der Waals surface area contributed by atoms with Crippen LogP contribution in [0.1, 0.15) is 16.7 Å². The van der Waals surface area contributed by atoms with Gasteiger partial charge in [-0.1, -0.05) is 29.8 Å². The highest BCUT2D eigenvalue weighted by Gasteiger charge is 2.30. The normalized spacial score (nSPS) is 11.5. The van der Waals surface area contributed by atoms with E-state index in [1.807, 2.05) is 0 Å². The maximum Gasteiger partial charge on any atom is 0.416 e. The average Bonchev–Trinajstić information content (AvgIpc) is 2.44. The number of aliphatic hydroxyl groups is 1. The van der Waals surface area contributed by atoms with Crippen LogP contribution in [0.15, 0.2) is 42.5 Å². The molecule has 0 saturated carbocycles. The Balaban J connectivity index is 2.16. The van der Waals surface area contributed by atoms with Crippen molar-refractivity contribution in [1.29, 1.82) is 0 Å². The fourth-order valence-electron chi connectivity index (χ4n) is 1.83. The SMILES string of the molecule is OCc1c(Cl)cccc1OCc1cccc(C(F)(F)F)c1. The molecule has 0 aliphatic carbocycles. The number of benzene rings is 2. The van der Waals surface area contributed by atoms with Crippen LogP contribution in [0.5, 0.6) is 5.75 Å². The highest BCUT2D eigenvalue weighted by molar-refractivity contribution is 6.31. The van der Waals surface area contributed by atoms with E-state index in [1.54, 1.807) is 24.3 Å². The molecule has 21 heavy (non-hydrogen) atoms. The Labute approximate surface area is 124 Å². The van der Waals surface area contributed by atoms with E-state index in [0.717, 1.165) is 12.1 Å². The molecule has 0 bridgehead atoms. The van der Waals surface area contributed by atoms with Crippen LogP contribution in [0, 0.1) is 0 Å². The van der Waals surface area contributed by atoms with E-state index in [4.69, 9.17) is 16.3 Å². The maximum atomic E-state index is 12.6. The minimum absolute atomic E-state index is 0.0444. The summed E-state index contributed by atoms with van der Waals surface area (Å²) in [7, 11) is 0. The average molecular weight is 317 g/mol. The molecule has 2 aromatic rings. The Morgan fingerprint density at radius 1 is 1.10 bits per heavy atom. The number of aliphatic hydroxyl groups excluding tert-OH is 1. The molecule has 112 valence electrons. The van der Waals surface area contributed by atoms with Crippen molar-refractivity contribution in [2.24, 2.45) is 0 Å². The summed E-state index contributed by atoms with van der Waals surface area (Å²) in [6.07, 6.45) is -4.39. The Bertz CT molecular complexity index is 627. The van der Waals surface area contributed by atoms with Crippen LogP contribution in [-0.2, 0) is 19.4 Å². The Morgan fingerprint density at radius 2 is 1.81 bits per heavy atom. The zero-order valence-electron chi connectivity index (χ0n) is 10.8. The minimum Gasteiger partial charge on any atom is -0.488 e. The number of hydrogen-bond donors (Lipinski definition) is 1.